The van der Waals surface area contributed by atoms with Crippen molar-refractivity contribution in [1.82, 2.24) is 35.1 Å². The zero-order valence-corrected chi connectivity index (χ0v) is 40.9. The Labute approximate surface area is 398 Å². The molecule has 4 aromatic rings. The first-order chi connectivity index (χ1) is 32.2. The van der Waals surface area contributed by atoms with Crippen LogP contribution in [0.1, 0.15) is 84.2 Å². The highest BCUT2D eigenvalue weighted by Crippen LogP contribution is 2.42. The van der Waals surface area contributed by atoms with E-state index in [-0.39, 0.29) is 31.0 Å². The number of pyridine rings is 1. The molecule has 2 aliphatic rings. The summed E-state index contributed by atoms with van der Waals surface area (Å²) in [6, 6.07) is 15.8. The second-order valence-corrected chi connectivity index (χ2v) is 19.2. The van der Waals surface area contributed by atoms with Crippen LogP contribution in [0.15, 0.2) is 73.4 Å². The molecule has 366 valence electrons. The Morgan fingerprint density at radius 2 is 1.79 bits per heavy atom. The molecule has 4 heterocycles. The number of carbonyl (C=O) groups is 5. The summed E-state index contributed by atoms with van der Waals surface area (Å²) in [6.45, 7) is 16.9. The number of ether oxygens (including phenoxy) is 2. The molecular formula is C52H67F2N7O7. The van der Waals surface area contributed by atoms with E-state index in [4.69, 9.17) is 14.5 Å². The number of hydrogen-bond acceptors (Lipinski definition) is 9. The number of fused-ring (bicyclic) bond motifs is 1. The van der Waals surface area contributed by atoms with Crippen molar-refractivity contribution in [2.24, 2.45) is 17.3 Å². The van der Waals surface area contributed by atoms with E-state index in [0.717, 1.165) is 78.8 Å². The molecule has 0 spiro atoms. The van der Waals surface area contributed by atoms with Crippen molar-refractivity contribution in [1.29, 1.82) is 0 Å². The molecule has 4 unspecified atom stereocenters. The summed E-state index contributed by atoms with van der Waals surface area (Å²) >= 11 is 0. The molecule has 68 heavy (non-hydrogen) atoms. The number of alkyl halides is 2. The predicted octanol–water partition coefficient (Wildman–Crippen LogP) is 7.15. The van der Waals surface area contributed by atoms with E-state index >= 15 is 8.78 Å². The van der Waals surface area contributed by atoms with E-state index in [1.54, 1.807) is 27.2 Å². The van der Waals surface area contributed by atoms with Gasteiger partial charge >= 0.3 is 5.97 Å². The molecule has 14 nitrogen and oxygen atoms in total. The van der Waals surface area contributed by atoms with Crippen molar-refractivity contribution >= 4 is 40.5 Å². The molecule has 6 rings (SSSR count). The normalized spacial score (nSPS) is 17.4. The van der Waals surface area contributed by atoms with Gasteiger partial charge in [-0.3, -0.25) is 34.0 Å². The summed E-state index contributed by atoms with van der Waals surface area (Å²) in [5.74, 6) is -8.97. The Morgan fingerprint density at radius 1 is 1.06 bits per heavy atom. The van der Waals surface area contributed by atoms with Crippen LogP contribution in [0.2, 0.25) is 0 Å². The van der Waals surface area contributed by atoms with Gasteiger partial charge in [-0.2, -0.15) is 0 Å². The SMILES string of the molecule is C=CC(=O)N1CC(C(=O)N(C)C(C(=O)NC(Cc2cccc(-c3ccc4c(c3)c(CC(C)(C)COC(C)=O)c(-c3cccnc3C(C)OC)n4CC)c2)C(=O)N2CCCCN2)C(C)C)C(F)(F)C1. The summed E-state index contributed by atoms with van der Waals surface area (Å²) in [7, 11) is 2.97. The number of aromatic nitrogens is 2. The van der Waals surface area contributed by atoms with Crippen LogP contribution < -0.4 is 10.7 Å². The molecule has 2 aliphatic heterocycles. The maximum Gasteiger partial charge on any atom is 0.302 e. The van der Waals surface area contributed by atoms with Gasteiger partial charge in [0, 0.05) is 81.8 Å². The quantitative estimate of drug-likeness (QED) is 0.0783. The molecule has 0 radical (unpaired) electrons. The first kappa shape index (κ1) is 51.4. The van der Waals surface area contributed by atoms with Gasteiger partial charge in [-0.15, -0.1) is 0 Å². The highest BCUT2D eigenvalue weighted by Gasteiger charge is 2.54. The van der Waals surface area contributed by atoms with Gasteiger partial charge in [0.1, 0.15) is 18.0 Å². The van der Waals surface area contributed by atoms with Crippen LogP contribution in [-0.2, 0) is 52.8 Å². The van der Waals surface area contributed by atoms with Gasteiger partial charge in [0.2, 0.25) is 17.7 Å². The van der Waals surface area contributed by atoms with Crippen LogP contribution in [0.4, 0.5) is 8.78 Å². The van der Waals surface area contributed by atoms with E-state index in [1.807, 2.05) is 37.3 Å². The first-order valence-corrected chi connectivity index (χ1v) is 23.5. The van der Waals surface area contributed by atoms with Gasteiger partial charge in [-0.05, 0) is 91.6 Å². The number of rotatable bonds is 18. The monoisotopic (exact) mass is 940 g/mol. The Bertz CT molecular complexity index is 2520. The molecule has 0 bridgehead atoms. The van der Waals surface area contributed by atoms with Crippen molar-refractivity contribution < 1.29 is 42.2 Å². The van der Waals surface area contributed by atoms with E-state index in [2.05, 4.69) is 66.9 Å². The zero-order chi connectivity index (χ0) is 49.7. The number of nitrogens with one attached hydrogen (secondary N) is 2. The summed E-state index contributed by atoms with van der Waals surface area (Å²) in [4.78, 5) is 73.4. The minimum atomic E-state index is -3.52. The number of hydrazine groups is 1. The van der Waals surface area contributed by atoms with Gasteiger partial charge in [-0.25, -0.2) is 14.2 Å². The molecule has 4 amide bonds. The van der Waals surface area contributed by atoms with Crippen LogP contribution in [0, 0.1) is 17.3 Å². The highest BCUT2D eigenvalue weighted by molar-refractivity contribution is 5.96. The molecule has 2 N–H and O–H groups in total. The topological polar surface area (TPSA) is 155 Å². The van der Waals surface area contributed by atoms with Crippen LogP contribution in [0.25, 0.3) is 33.3 Å². The average molecular weight is 940 g/mol. The number of nitrogens with zero attached hydrogens (tertiary/aromatic N) is 5. The number of amides is 4. The number of carbonyl (C=O) groups excluding carboxylic acids is 5. The maximum atomic E-state index is 15.3. The largest absolute Gasteiger partial charge is 0.465 e. The molecule has 2 saturated heterocycles. The van der Waals surface area contributed by atoms with Crippen molar-refractivity contribution in [3.8, 4) is 22.4 Å². The van der Waals surface area contributed by atoms with Crippen molar-refractivity contribution in [3.05, 3.63) is 90.3 Å². The lowest BCUT2D eigenvalue weighted by Crippen LogP contribution is -2.60. The van der Waals surface area contributed by atoms with Crippen LogP contribution in [0.5, 0.6) is 0 Å². The van der Waals surface area contributed by atoms with Crippen LogP contribution >= 0.6 is 0 Å². The highest BCUT2D eigenvalue weighted by atomic mass is 19.3. The molecule has 2 aromatic heterocycles. The van der Waals surface area contributed by atoms with Crippen molar-refractivity contribution in [3.63, 3.8) is 0 Å². The molecule has 2 aromatic carbocycles. The minimum Gasteiger partial charge on any atom is -0.465 e. The Morgan fingerprint density at radius 3 is 2.44 bits per heavy atom. The van der Waals surface area contributed by atoms with Gasteiger partial charge in [0.05, 0.1) is 30.6 Å². The predicted molar refractivity (Wildman–Crippen MR) is 257 cm³/mol. The number of hydrogen-bond donors (Lipinski definition) is 2. The van der Waals surface area contributed by atoms with Gasteiger partial charge in [-0.1, -0.05) is 64.6 Å². The van der Waals surface area contributed by atoms with Gasteiger partial charge < -0.3 is 29.2 Å². The fourth-order valence-corrected chi connectivity index (χ4v) is 9.58. The van der Waals surface area contributed by atoms with E-state index < -0.39 is 66.1 Å². The van der Waals surface area contributed by atoms with E-state index in [0.29, 0.717) is 26.1 Å². The third kappa shape index (κ3) is 11.3. The number of aryl methyl sites for hydroxylation is 1. The standard InChI is InChI=1S/C52H67F2N7O7/c1-11-44(63)59-29-41(52(53,54)30-59)49(65)58(9)46(32(3)4)48(64)57-42(50(66)61-24-14-13-23-56-61)26-35-17-15-18-36(25-35)37-20-21-43-39(27-37)40(28-51(7,8)31-68-34(6)62)47(60(43)12-2)38-19-16-22-55-45(38)33(5)67-10/h11,15-22,25,27,32-33,41-42,46,56H,1,12-14,23-24,26,28-31H2,2-10H3,(H,57,64). The van der Waals surface area contributed by atoms with Crippen LogP contribution in [0.3, 0.4) is 0 Å². The molecule has 4 atom stereocenters. The second-order valence-electron chi connectivity index (χ2n) is 19.2. The number of likely N-dealkylation sites (tertiary alicyclic amines) is 1. The second kappa shape index (κ2) is 21.5. The lowest BCUT2D eigenvalue weighted by Gasteiger charge is -2.35. The minimum absolute atomic E-state index is 0.0913. The fraction of sp³-hybridized carbons (Fsp3) is 0.500. The van der Waals surface area contributed by atoms with E-state index in [9.17, 15) is 24.0 Å². The smallest absolute Gasteiger partial charge is 0.302 e. The lowest BCUT2D eigenvalue weighted by molar-refractivity contribution is -0.151. The Balaban J connectivity index is 1.36. The van der Waals surface area contributed by atoms with Crippen LogP contribution in [-0.4, -0.2) is 119 Å². The first-order valence-electron chi connectivity index (χ1n) is 23.5. The third-order valence-corrected chi connectivity index (χ3v) is 13.1. The zero-order valence-electron chi connectivity index (χ0n) is 40.9. The Hall–Kier alpha value is -6.00. The molecular weight excluding hydrogens is 873 g/mol. The number of halogens is 2. The van der Waals surface area contributed by atoms with Crippen molar-refractivity contribution in [2.75, 3.05) is 46.9 Å². The number of methoxy groups -OCH3 is 1. The van der Waals surface area contributed by atoms with Gasteiger partial charge in [0.25, 0.3) is 11.8 Å². The summed E-state index contributed by atoms with van der Waals surface area (Å²) in [6.07, 6.45) is 4.71. The lowest BCUT2D eigenvalue weighted by atomic mass is 9.84. The number of esters is 1. The van der Waals surface area contributed by atoms with E-state index in [1.165, 1.54) is 19.0 Å². The molecule has 0 saturated carbocycles. The average Bonchev–Trinajstić information content (AvgIpc) is 3.81. The molecule has 2 fully saturated rings. The maximum absolute atomic E-state index is 15.3. The summed E-state index contributed by atoms with van der Waals surface area (Å²) in [5, 5.41) is 5.46. The van der Waals surface area contributed by atoms with Gasteiger partial charge in [0.15, 0.2) is 0 Å². The number of benzene rings is 2. The Kier molecular flexibility index (Phi) is 16.3. The fourth-order valence-electron chi connectivity index (χ4n) is 9.58. The van der Waals surface area contributed by atoms with Crippen molar-refractivity contribution in [2.45, 2.75) is 105 Å². The summed E-state index contributed by atoms with van der Waals surface area (Å²) in [5.41, 5.74) is 10.1. The third-order valence-electron chi connectivity index (χ3n) is 13.1. The number of likely N-dealkylation sites (N-methyl/N-ethyl adjacent to an activating group) is 1. The summed E-state index contributed by atoms with van der Waals surface area (Å²) < 4.78 is 44.2. The molecule has 0 aliphatic carbocycles. The molecule has 16 heteroatoms.